The number of nitrogens with one attached hydrogen (secondary N) is 2. The molecule has 6 nitrogen and oxygen atoms in total. The number of thiazole rings is 1. The van der Waals surface area contributed by atoms with Crippen LogP contribution in [0.15, 0.2) is 24.4 Å². The van der Waals surface area contributed by atoms with E-state index in [0.29, 0.717) is 29.1 Å². The zero-order chi connectivity index (χ0) is 16.8. The van der Waals surface area contributed by atoms with Crippen LogP contribution in [0.4, 0.5) is 9.93 Å². The van der Waals surface area contributed by atoms with Gasteiger partial charge in [0.15, 0.2) is 5.13 Å². The Morgan fingerprint density at radius 2 is 2.09 bits per heavy atom. The fraction of sp³-hybridized carbons (Fsp3) is 0.375. The first-order chi connectivity index (χ1) is 11.0. The normalized spacial score (nSPS) is 10.5. The molecule has 0 spiro atoms. The summed E-state index contributed by atoms with van der Waals surface area (Å²) in [5, 5.41) is 6.12. The number of methoxy groups -OCH3 is 2. The predicted molar refractivity (Wildman–Crippen MR) is 91.6 cm³/mol. The molecule has 124 valence electrons. The third kappa shape index (κ3) is 4.59. The average molecular weight is 335 g/mol. The van der Waals surface area contributed by atoms with E-state index in [1.807, 2.05) is 18.2 Å². The van der Waals surface area contributed by atoms with E-state index in [1.54, 1.807) is 20.4 Å². The lowest BCUT2D eigenvalue weighted by atomic mass is 10.2. The molecule has 0 unspecified atom stereocenters. The van der Waals surface area contributed by atoms with Crippen molar-refractivity contribution >= 4 is 22.5 Å². The zero-order valence-electron chi connectivity index (χ0n) is 13.7. The topological polar surface area (TPSA) is 72.5 Å². The highest BCUT2D eigenvalue weighted by atomic mass is 32.1. The minimum Gasteiger partial charge on any atom is -0.497 e. The number of urea groups is 1. The highest BCUT2D eigenvalue weighted by Crippen LogP contribution is 2.25. The number of hydrogen-bond donors (Lipinski definition) is 2. The Morgan fingerprint density at radius 1 is 1.30 bits per heavy atom. The summed E-state index contributed by atoms with van der Waals surface area (Å²) in [6, 6.07) is 5.15. The van der Waals surface area contributed by atoms with E-state index in [2.05, 4.69) is 29.5 Å². The van der Waals surface area contributed by atoms with Crippen LogP contribution in [0.2, 0.25) is 0 Å². The summed E-state index contributed by atoms with van der Waals surface area (Å²) in [4.78, 5) is 17.3. The van der Waals surface area contributed by atoms with Crippen LogP contribution in [0.1, 0.15) is 30.2 Å². The number of anilines is 1. The van der Waals surface area contributed by atoms with Gasteiger partial charge in [-0.1, -0.05) is 13.8 Å². The van der Waals surface area contributed by atoms with E-state index in [1.165, 1.54) is 11.3 Å². The molecule has 7 heteroatoms. The second-order valence-electron chi connectivity index (χ2n) is 5.21. The second kappa shape index (κ2) is 7.82. The van der Waals surface area contributed by atoms with Crippen molar-refractivity contribution in [3.8, 4) is 11.5 Å². The summed E-state index contributed by atoms with van der Waals surface area (Å²) < 4.78 is 10.5. The first kappa shape index (κ1) is 17.1. The molecule has 0 saturated carbocycles. The Bertz CT molecular complexity index is 670. The summed E-state index contributed by atoms with van der Waals surface area (Å²) in [5.41, 5.74) is 0.837. The molecule has 0 aliphatic heterocycles. The highest BCUT2D eigenvalue weighted by Gasteiger charge is 2.10. The van der Waals surface area contributed by atoms with Gasteiger partial charge in [0.1, 0.15) is 11.5 Å². The second-order valence-corrected chi connectivity index (χ2v) is 6.27. The van der Waals surface area contributed by atoms with Crippen molar-refractivity contribution < 1.29 is 14.3 Å². The Labute approximate surface area is 139 Å². The van der Waals surface area contributed by atoms with Crippen LogP contribution in [-0.2, 0) is 6.54 Å². The van der Waals surface area contributed by atoms with Crippen molar-refractivity contribution in [1.82, 2.24) is 10.3 Å². The first-order valence-electron chi connectivity index (χ1n) is 7.25. The van der Waals surface area contributed by atoms with Crippen LogP contribution >= 0.6 is 11.3 Å². The van der Waals surface area contributed by atoms with E-state index in [0.717, 1.165) is 10.4 Å². The summed E-state index contributed by atoms with van der Waals surface area (Å²) in [5.74, 6) is 1.80. The molecule has 1 aromatic carbocycles. The molecule has 2 rings (SSSR count). The Morgan fingerprint density at radius 3 is 2.70 bits per heavy atom. The van der Waals surface area contributed by atoms with E-state index in [9.17, 15) is 4.79 Å². The molecule has 0 radical (unpaired) electrons. The lowest BCUT2D eigenvalue weighted by Gasteiger charge is -2.11. The molecule has 0 saturated heterocycles. The number of carbonyl (C=O) groups is 1. The van der Waals surface area contributed by atoms with Gasteiger partial charge in [-0.2, -0.15) is 0 Å². The Kier molecular flexibility index (Phi) is 5.81. The molecular formula is C16H21N3O3S. The number of hydrogen-bond acceptors (Lipinski definition) is 5. The van der Waals surface area contributed by atoms with Gasteiger partial charge in [0.25, 0.3) is 0 Å². The molecule has 23 heavy (non-hydrogen) atoms. The van der Waals surface area contributed by atoms with E-state index in [-0.39, 0.29) is 6.03 Å². The summed E-state index contributed by atoms with van der Waals surface area (Å²) in [6.07, 6.45) is 1.79. The largest absolute Gasteiger partial charge is 0.497 e. The zero-order valence-corrected chi connectivity index (χ0v) is 14.5. The van der Waals surface area contributed by atoms with Crippen LogP contribution in [-0.4, -0.2) is 25.2 Å². The van der Waals surface area contributed by atoms with Gasteiger partial charge in [-0.25, -0.2) is 9.78 Å². The van der Waals surface area contributed by atoms with Crippen LogP contribution in [0.3, 0.4) is 0 Å². The Balaban J connectivity index is 1.95. The maximum atomic E-state index is 12.0. The number of benzene rings is 1. The SMILES string of the molecule is COc1ccc(OC)c(CNC(=O)Nc2ncc(C(C)C)s2)c1. The monoisotopic (exact) mass is 335 g/mol. The minimum atomic E-state index is -0.306. The molecule has 1 aromatic heterocycles. The number of amides is 2. The van der Waals surface area contributed by atoms with Gasteiger partial charge in [0, 0.05) is 23.2 Å². The molecular weight excluding hydrogens is 314 g/mol. The van der Waals surface area contributed by atoms with E-state index >= 15 is 0 Å². The van der Waals surface area contributed by atoms with Gasteiger partial charge in [0.2, 0.25) is 0 Å². The number of aromatic nitrogens is 1. The third-order valence-corrected chi connectivity index (χ3v) is 4.45. The molecule has 0 atom stereocenters. The molecule has 0 fully saturated rings. The highest BCUT2D eigenvalue weighted by molar-refractivity contribution is 7.15. The molecule has 0 aliphatic rings. The van der Waals surface area contributed by atoms with Crippen LogP contribution in [0.25, 0.3) is 0 Å². The van der Waals surface area contributed by atoms with Crippen molar-refractivity contribution in [3.63, 3.8) is 0 Å². The molecule has 2 aromatic rings. The summed E-state index contributed by atoms with van der Waals surface area (Å²) in [6.45, 7) is 4.51. The lowest BCUT2D eigenvalue weighted by Crippen LogP contribution is -2.28. The van der Waals surface area contributed by atoms with E-state index in [4.69, 9.17) is 9.47 Å². The minimum absolute atomic E-state index is 0.306. The van der Waals surface area contributed by atoms with Crippen molar-refractivity contribution in [2.75, 3.05) is 19.5 Å². The maximum Gasteiger partial charge on any atom is 0.321 e. The Hall–Kier alpha value is -2.28. The summed E-state index contributed by atoms with van der Waals surface area (Å²) >= 11 is 1.48. The number of nitrogens with zero attached hydrogens (tertiary/aromatic N) is 1. The number of rotatable bonds is 6. The quantitative estimate of drug-likeness (QED) is 0.846. The number of carbonyl (C=O) groups excluding carboxylic acids is 1. The third-order valence-electron chi connectivity index (χ3n) is 3.24. The summed E-state index contributed by atoms with van der Waals surface area (Å²) in [7, 11) is 3.19. The standard InChI is InChI=1S/C16H21N3O3S/c1-10(2)14-9-18-16(23-14)19-15(20)17-8-11-7-12(21-3)5-6-13(11)22-4/h5-7,9-10H,8H2,1-4H3,(H2,17,18,19,20). The smallest absolute Gasteiger partial charge is 0.321 e. The van der Waals surface area contributed by atoms with Gasteiger partial charge >= 0.3 is 6.03 Å². The van der Waals surface area contributed by atoms with Gasteiger partial charge in [-0.15, -0.1) is 11.3 Å². The molecule has 2 amide bonds. The van der Waals surface area contributed by atoms with Crippen molar-refractivity contribution in [2.45, 2.75) is 26.3 Å². The van der Waals surface area contributed by atoms with Gasteiger partial charge in [0.05, 0.1) is 14.2 Å². The van der Waals surface area contributed by atoms with E-state index < -0.39 is 0 Å². The van der Waals surface area contributed by atoms with Crippen molar-refractivity contribution in [1.29, 1.82) is 0 Å². The van der Waals surface area contributed by atoms with Crippen molar-refractivity contribution in [3.05, 3.63) is 34.8 Å². The van der Waals surface area contributed by atoms with Crippen LogP contribution in [0, 0.1) is 0 Å². The number of ether oxygens (including phenoxy) is 2. The molecule has 2 N–H and O–H groups in total. The maximum absolute atomic E-state index is 12.0. The van der Waals surface area contributed by atoms with Gasteiger partial charge in [-0.05, 0) is 24.1 Å². The molecule has 0 aliphatic carbocycles. The fourth-order valence-corrected chi connectivity index (χ4v) is 2.76. The molecule has 1 heterocycles. The lowest BCUT2D eigenvalue weighted by molar-refractivity contribution is 0.251. The van der Waals surface area contributed by atoms with Crippen LogP contribution < -0.4 is 20.1 Å². The van der Waals surface area contributed by atoms with Crippen LogP contribution in [0.5, 0.6) is 11.5 Å². The van der Waals surface area contributed by atoms with Gasteiger partial charge in [-0.3, -0.25) is 5.32 Å². The predicted octanol–water partition coefficient (Wildman–Crippen LogP) is 3.61. The van der Waals surface area contributed by atoms with Crippen molar-refractivity contribution in [2.24, 2.45) is 0 Å². The fourth-order valence-electron chi connectivity index (χ4n) is 1.95. The molecule has 0 bridgehead atoms. The van der Waals surface area contributed by atoms with Gasteiger partial charge < -0.3 is 14.8 Å². The first-order valence-corrected chi connectivity index (χ1v) is 8.06. The average Bonchev–Trinajstić information content (AvgIpc) is 3.01.